The maximum atomic E-state index is 12.0. The second-order valence-corrected chi connectivity index (χ2v) is 4.56. The van der Waals surface area contributed by atoms with Gasteiger partial charge in [-0.25, -0.2) is 4.79 Å². The molecular formula is C14H15NO3. The van der Waals surface area contributed by atoms with Crippen LogP contribution in [0.4, 0.5) is 5.69 Å². The minimum atomic E-state index is -1.11. The van der Waals surface area contributed by atoms with Crippen molar-refractivity contribution in [1.82, 2.24) is 0 Å². The van der Waals surface area contributed by atoms with Crippen molar-refractivity contribution in [3.8, 4) is 0 Å². The standard InChI is InChI=1S/C14H15NO3/c1-10-8-11-4-2-3-5-12(11)15(9-10)13(16)6-7-14(17)18/h2-7,10H,8-9H2,1H3,(H,17,18). The summed E-state index contributed by atoms with van der Waals surface area (Å²) in [4.78, 5) is 24.1. The van der Waals surface area contributed by atoms with Crippen LogP contribution in [0.1, 0.15) is 12.5 Å². The topological polar surface area (TPSA) is 57.6 Å². The number of anilines is 1. The molecule has 1 aromatic rings. The first-order valence-electron chi connectivity index (χ1n) is 5.88. The van der Waals surface area contributed by atoms with E-state index in [0.29, 0.717) is 12.5 Å². The third-order valence-electron chi connectivity index (χ3n) is 2.98. The van der Waals surface area contributed by atoms with Crippen molar-refractivity contribution in [1.29, 1.82) is 0 Å². The lowest BCUT2D eigenvalue weighted by molar-refractivity contribution is -0.131. The van der Waals surface area contributed by atoms with E-state index in [2.05, 4.69) is 6.92 Å². The monoisotopic (exact) mass is 245 g/mol. The van der Waals surface area contributed by atoms with Crippen molar-refractivity contribution in [3.05, 3.63) is 42.0 Å². The van der Waals surface area contributed by atoms with Gasteiger partial charge in [-0.05, 0) is 24.0 Å². The second kappa shape index (κ2) is 5.04. The Labute approximate surface area is 106 Å². The van der Waals surface area contributed by atoms with Crippen LogP contribution >= 0.6 is 0 Å². The molecule has 1 unspecified atom stereocenters. The highest BCUT2D eigenvalue weighted by Gasteiger charge is 2.24. The molecule has 0 radical (unpaired) electrons. The number of benzene rings is 1. The lowest BCUT2D eigenvalue weighted by Gasteiger charge is -2.32. The first-order chi connectivity index (χ1) is 8.58. The van der Waals surface area contributed by atoms with E-state index in [9.17, 15) is 9.59 Å². The van der Waals surface area contributed by atoms with Gasteiger partial charge in [-0.15, -0.1) is 0 Å². The van der Waals surface area contributed by atoms with Crippen LogP contribution in [0.5, 0.6) is 0 Å². The predicted octanol–water partition coefficient (Wildman–Crippen LogP) is 1.85. The van der Waals surface area contributed by atoms with Crippen LogP contribution in [0.2, 0.25) is 0 Å². The molecule has 1 aromatic carbocycles. The molecule has 0 saturated heterocycles. The zero-order valence-electron chi connectivity index (χ0n) is 10.2. The van der Waals surface area contributed by atoms with Gasteiger partial charge in [-0.3, -0.25) is 4.79 Å². The van der Waals surface area contributed by atoms with Crippen molar-refractivity contribution in [2.45, 2.75) is 13.3 Å². The van der Waals surface area contributed by atoms with Gasteiger partial charge in [-0.1, -0.05) is 25.1 Å². The quantitative estimate of drug-likeness (QED) is 0.809. The number of hydrogen-bond donors (Lipinski definition) is 1. The fourth-order valence-electron chi connectivity index (χ4n) is 2.24. The van der Waals surface area contributed by atoms with Gasteiger partial charge in [0.25, 0.3) is 5.91 Å². The second-order valence-electron chi connectivity index (χ2n) is 4.56. The molecule has 1 aliphatic heterocycles. The summed E-state index contributed by atoms with van der Waals surface area (Å²) in [6.45, 7) is 2.71. The third-order valence-corrected chi connectivity index (χ3v) is 2.98. The zero-order chi connectivity index (χ0) is 13.1. The maximum absolute atomic E-state index is 12.0. The van der Waals surface area contributed by atoms with Crippen LogP contribution in [-0.2, 0) is 16.0 Å². The highest BCUT2D eigenvalue weighted by atomic mass is 16.4. The number of carbonyl (C=O) groups is 2. The van der Waals surface area contributed by atoms with E-state index in [0.717, 1.165) is 29.8 Å². The molecule has 94 valence electrons. The molecule has 1 amide bonds. The van der Waals surface area contributed by atoms with Gasteiger partial charge in [0.15, 0.2) is 0 Å². The first kappa shape index (κ1) is 12.4. The van der Waals surface area contributed by atoms with E-state index in [1.165, 1.54) is 0 Å². The van der Waals surface area contributed by atoms with Crippen molar-refractivity contribution in [2.75, 3.05) is 11.4 Å². The van der Waals surface area contributed by atoms with Crippen molar-refractivity contribution in [3.63, 3.8) is 0 Å². The SMILES string of the molecule is CC1Cc2ccccc2N(C(=O)C=CC(=O)O)C1. The summed E-state index contributed by atoms with van der Waals surface area (Å²) in [5, 5.41) is 8.55. The lowest BCUT2D eigenvalue weighted by Crippen LogP contribution is -2.38. The van der Waals surface area contributed by atoms with Gasteiger partial charge in [0.1, 0.15) is 0 Å². The molecule has 1 atom stereocenters. The summed E-state index contributed by atoms with van der Waals surface area (Å²) < 4.78 is 0. The summed E-state index contributed by atoms with van der Waals surface area (Å²) in [7, 11) is 0. The lowest BCUT2D eigenvalue weighted by atomic mass is 9.94. The highest BCUT2D eigenvalue weighted by molar-refractivity contribution is 6.04. The summed E-state index contributed by atoms with van der Waals surface area (Å²) in [6, 6.07) is 7.74. The number of rotatable bonds is 2. The van der Waals surface area contributed by atoms with Crippen LogP contribution in [0.25, 0.3) is 0 Å². The maximum Gasteiger partial charge on any atom is 0.328 e. The number of fused-ring (bicyclic) bond motifs is 1. The number of aliphatic carboxylic acids is 1. The van der Waals surface area contributed by atoms with Crippen LogP contribution in [0.3, 0.4) is 0 Å². The summed E-state index contributed by atoms with van der Waals surface area (Å²) in [5.41, 5.74) is 2.02. The fourth-order valence-corrected chi connectivity index (χ4v) is 2.24. The number of carboxylic acids is 1. The molecule has 2 rings (SSSR count). The van der Waals surface area contributed by atoms with Crippen molar-refractivity contribution < 1.29 is 14.7 Å². The van der Waals surface area contributed by atoms with Gasteiger partial charge < -0.3 is 10.0 Å². The molecule has 18 heavy (non-hydrogen) atoms. The first-order valence-corrected chi connectivity index (χ1v) is 5.88. The number of carboxylic acid groups (broad SMARTS) is 1. The van der Waals surface area contributed by atoms with E-state index < -0.39 is 5.97 Å². The normalized spacial score (nSPS) is 18.7. The van der Waals surface area contributed by atoms with Crippen molar-refractivity contribution in [2.24, 2.45) is 5.92 Å². The number of hydrogen-bond acceptors (Lipinski definition) is 2. The average molecular weight is 245 g/mol. The van der Waals surface area contributed by atoms with E-state index in [-0.39, 0.29) is 5.91 Å². The number of nitrogens with zero attached hydrogens (tertiary/aromatic N) is 1. The average Bonchev–Trinajstić information content (AvgIpc) is 2.34. The molecule has 0 aromatic heterocycles. The fraction of sp³-hybridized carbons (Fsp3) is 0.286. The van der Waals surface area contributed by atoms with Crippen LogP contribution in [-0.4, -0.2) is 23.5 Å². The molecule has 1 heterocycles. The Morgan fingerprint density at radius 2 is 2.06 bits per heavy atom. The van der Waals surface area contributed by atoms with Gasteiger partial charge in [0.2, 0.25) is 0 Å². The largest absolute Gasteiger partial charge is 0.478 e. The number of amides is 1. The van der Waals surface area contributed by atoms with Gasteiger partial charge >= 0.3 is 5.97 Å². The molecular weight excluding hydrogens is 230 g/mol. The molecule has 0 spiro atoms. The molecule has 1 aliphatic rings. The van der Waals surface area contributed by atoms with E-state index >= 15 is 0 Å². The Kier molecular flexibility index (Phi) is 3.46. The molecule has 4 nitrogen and oxygen atoms in total. The van der Waals surface area contributed by atoms with E-state index in [1.807, 2.05) is 24.3 Å². The number of carbonyl (C=O) groups excluding carboxylic acids is 1. The van der Waals surface area contributed by atoms with E-state index in [4.69, 9.17) is 5.11 Å². The third kappa shape index (κ3) is 2.59. The molecule has 0 fully saturated rings. The smallest absolute Gasteiger partial charge is 0.328 e. The molecule has 1 N–H and O–H groups in total. The summed E-state index contributed by atoms with van der Waals surface area (Å²) in [6.07, 6.45) is 2.93. The van der Waals surface area contributed by atoms with Crippen molar-refractivity contribution >= 4 is 17.6 Å². The van der Waals surface area contributed by atoms with Crippen LogP contribution < -0.4 is 4.90 Å². The highest BCUT2D eigenvalue weighted by Crippen LogP contribution is 2.29. The predicted molar refractivity (Wildman–Crippen MR) is 68.4 cm³/mol. The van der Waals surface area contributed by atoms with E-state index in [1.54, 1.807) is 4.90 Å². The van der Waals surface area contributed by atoms with Crippen LogP contribution in [0, 0.1) is 5.92 Å². The Hall–Kier alpha value is -2.10. The Morgan fingerprint density at radius 3 is 2.78 bits per heavy atom. The number of para-hydroxylation sites is 1. The Bertz CT molecular complexity index is 508. The van der Waals surface area contributed by atoms with Crippen LogP contribution in [0.15, 0.2) is 36.4 Å². The molecule has 4 heteroatoms. The Balaban J connectivity index is 2.28. The molecule has 0 bridgehead atoms. The summed E-state index contributed by atoms with van der Waals surface area (Å²) in [5.74, 6) is -1.01. The zero-order valence-corrected chi connectivity index (χ0v) is 10.2. The van der Waals surface area contributed by atoms with Gasteiger partial charge in [0, 0.05) is 24.4 Å². The van der Waals surface area contributed by atoms with Gasteiger partial charge in [0.05, 0.1) is 0 Å². The molecule has 0 saturated carbocycles. The summed E-state index contributed by atoms with van der Waals surface area (Å²) >= 11 is 0. The Morgan fingerprint density at radius 1 is 1.33 bits per heavy atom. The molecule has 0 aliphatic carbocycles. The minimum absolute atomic E-state index is 0.281. The minimum Gasteiger partial charge on any atom is -0.478 e. The van der Waals surface area contributed by atoms with Gasteiger partial charge in [-0.2, -0.15) is 0 Å².